The first-order valence-electron chi connectivity index (χ1n) is 6.66. The largest absolute Gasteiger partial charge is 0.466 e. The van der Waals surface area contributed by atoms with E-state index in [1.807, 2.05) is 0 Å². The molecule has 0 unspecified atom stereocenters. The minimum atomic E-state index is -0.845. The molecule has 21 heavy (non-hydrogen) atoms. The van der Waals surface area contributed by atoms with Crippen LogP contribution in [0.3, 0.4) is 0 Å². The van der Waals surface area contributed by atoms with Crippen molar-refractivity contribution in [2.75, 3.05) is 6.54 Å². The van der Waals surface area contributed by atoms with Crippen LogP contribution in [0, 0.1) is 13.8 Å². The van der Waals surface area contributed by atoms with Gasteiger partial charge in [-0.1, -0.05) is 6.07 Å². The number of amides is 1. The molecular formula is C15H18N2O4. The second-order valence-corrected chi connectivity index (χ2v) is 4.88. The number of carbonyl (C=O) groups excluding carboxylic acids is 1. The van der Waals surface area contributed by atoms with Gasteiger partial charge in [0.15, 0.2) is 0 Å². The molecule has 0 fully saturated rings. The molecule has 6 heteroatoms. The molecule has 0 aliphatic rings. The van der Waals surface area contributed by atoms with E-state index in [0.717, 1.165) is 0 Å². The third-order valence-electron chi connectivity index (χ3n) is 3.09. The Labute approximate surface area is 122 Å². The standard InChI is InChI=1S/C15H18N2O4/c1-10-7-13(11(2)21-10)15(20)16-8-12(18)9-17-6-4-3-5-14(17)19/h3-7,12,18H,8-9H2,1-2H3,(H,16,20)/t12-/m1/s1. The number of hydrogen-bond acceptors (Lipinski definition) is 4. The molecule has 1 amide bonds. The highest BCUT2D eigenvalue weighted by Gasteiger charge is 2.14. The van der Waals surface area contributed by atoms with Crippen LogP contribution >= 0.6 is 0 Å². The van der Waals surface area contributed by atoms with Crippen LogP contribution in [0.1, 0.15) is 21.9 Å². The van der Waals surface area contributed by atoms with Crippen molar-refractivity contribution in [1.29, 1.82) is 0 Å². The van der Waals surface area contributed by atoms with E-state index in [1.165, 1.54) is 10.6 Å². The van der Waals surface area contributed by atoms with E-state index in [-0.39, 0.29) is 24.6 Å². The highest BCUT2D eigenvalue weighted by Crippen LogP contribution is 2.13. The van der Waals surface area contributed by atoms with E-state index >= 15 is 0 Å². The summed E-state index contributed by atoms with van der Waals surface area (Å²) in [6, 6.07) is 6.42. The Morgan fingerprint density at radius 1 is 1.43 bits per heavy atom. The average molecular weight is 290 g/mol. The zero-order chi connectivity index (χ0) is 15.4. The van der Waals surface area contributed by atoms with Crippen molar-refractivity contribution >= 4 is 5.91 Å². The molecule has 0 aliphatic carbocycles. The Balaban J connectivity index is 1.91. The first-order chi connectivity index (χ1) is 9.97. The number of rotatable bonds is 5. The van der Waals surface area contributed by atoms with Crippen LogP contribution in [0.15, 0.2) is 39.7 Å². The molecule has 2 rings (SSSR count). The fourth-order valence-electron chi connectivity index (χ4n) is 2.07. The Kier molecular flexibility index (Phi) is 4.59. The smallest absolute Gasteiger partial charge is 0.254 e. The molecule has 112 valence electrons. The average Bonchev–Trinajstić information content (AvgIpc) is 2.78. The molecule has 0 saturated carbocycles. The van der Waals surface area contributed by atoms with Crippen LogP contribution in [0.5, 0.6) is 0 Å². The van der Waals surface area contributed by atoms with Gasteiger partial charge in [0, 0.05) is 18.8 Å². The normalized spacial score (nSPS) is 12.1. The zero-order valence-corrected chi connectivity index (χ0v) is 12.0. The fraction of sp³-hybridized carbons (Fsp3) is 0.333. The summed E-state index contributed by atoms with van der Waals surface area (Å²) in [6.45, 7) is 3.66. The Bertz CT molecular complexity index is 687. The minimum absolute atomic E-state index is 0.0594. The number of hydrogen-bond donors (Lipinski definition) is 2. The maximum atomic E-state index is 12.0. The number of nitrogens with one attached hydrogen (secondary N) is 1. The summed E-state index contributed by atoms with van der Waals surface area (Å²) >= 11 is 0. The van der Waals surface area contributed by atoms with E-state index in [0.29, 0.717) is 17.1 Å². The molecule has 0 radical (unpaired) electrons. The molecule has 2 aromatic heterocycles. The van der Waals surface area contributed by atoms with Gasteiger partial charge in [0.05, 0.1) is 18.2 Å². The van der Waals surface area contributed by atoms with Crippen LogP contribution in [-0.4, -0.2) is 28.2 Å². The lowest BCUT2D eigenvalue weighted by Gasteiger charge is -2.13. The van der Waals surface area contributed by atoms with Crippen LogP contribution in [0.4, 0.5) is 0 Å². The van der Waals surface area contributed by atoms with Gasteiger partial charge >= 0.3 is 0 Å². The van der Waals surface area contributed by atoms with E-state index in [2.05, 4.69) is 5.32 Å². The minimum Gasteiger partial charge on any atom is -0.466 e. The fourth-order valence-corrected chi connectivity index (χ4v) is 2.07. The van der Waals surface area contributed by atoms with Gasteiger partial charge in [-0.2, -0.15) is 0 Å². The summed E-state index contributed by atoms with van der Waals surface area (Å²) in [7, 11) is 0. The molecule has 2 aromatic rings. The van der Waals surface area contributed by atoms with Gasteiger partial charge in [-0.3, -0.25) is 9.59 Å². The number of aryl methyl sites for hydroxylation is 2. The quantitative estimate of drug-likeness (QED) is 0.855. The molecule has 2 heterocycles. The van der Waals surface area contributed by atoms with Crippen LogP contribution in [0.25, 0.3) is 0 Å². The lowest BCUT2D eigenvalue weighted by molar-refractivity contribution is 0.0901. The van der Waals surface area contributed by atoms with E-state index in [1.54, 1.807) is 38.2 Å². The summed E-state index contributed by atoms with van der Waals surface area (Å²) < 4.78 is 6.68. The number of furan rings is 1. The summed E-state index contributed by atoms with van der Waals surface area (Å²) in [5, 5.41) is 12.5. The van der Waals surface area contributed by atoms with E-state index in [9.17, 15) is 14.7 Å². The van der Waals surface area contributed by atoms with Crippen molar-refractivity contribution in [3.05, 3.63) is 57.9 Å². The molecule has 1 atom stereocenters. The third-order valence-corrected chi connectivity index (χ3v) is 3.09. The van der Waals surface area contributed by atoms with Gasteiger partial charge in [0.25, 0.3) is 11.5 Å². The van der Waals surface area contributed by atoms with Gasteiger partial charge in [-0.15, -0.1) is 0 Å². The van der Waals surface area contributed by atoms with Crippen LogP contribution < -0.4 is 10.9 Å². The molecular weight excluding hydrogens is 272 g/mol. The van der Waals surface area contributed by atoms with Gasteiger partial charge in [0.2, 0.25) is 0 Å². The second-order valence-electron chi connectivity index (χ2n) is 4.88. The number of pyridine rings is 1. The first kappa shape index (κ1) is 15.1. The van der Waals surface area contributed by atoms with Crippen molar-refractivity contribution in [2.24, 2.45) is 0 Å². The Morgan fingerprint density at radius 3 is 2.81 bits per heavy atom. The number of carbonyl (C=O) groups is 1. The third kappa shape index (κ3) is 3.82. The molecule has 2 N–H and O–H groups in total. The first-order valence-corrected chi connectivity index (χ1v) is 6.66. The van der Waals surface area contributed by atoms with Crippen molar-refractivity contribution in [2.45, 2.75) is 26.5 Å². The lowest BCUT2D eigenvalue weighted by Crippen LogP contribution is -2.36. The molecule has 0 spiro atoms. The van der Waals surface area contributed by atoms with Crippen LogP contribution in [0.2, 0.25) is 0 Å². The highest BCUT2D eigenvalue weighted by atomic mass is 16.3. The van der Waals surface area contributed by atoms with Gasteiger partial charge < -0.3 is 19.4 Å². The number of aromatic nitrogens is 1. The van der Waals surface area contributed by atoms with E-state index in [4.69, 9.17) is 4.42 Å². The van der Waals surface area contributed by atoms with Crippen molar-refractivity contribution in [3.63, 3.8) is 0 Å². The molecule has 0 aromatic carbocycles. The molecule has 0 saturated heterocycles. The highest BCUT2D eigenvalue weighted by molar-refractivity contribution is 5.95. The predicted octanol–water partition coefficient (Wildman–Crippen LogP) is 0.849. The SMILES string of the molecule is Cc1cc(C(=O)NC[C@@H](O)Cn2ccccc2=O)c(C)o1. The summed E-state index contributed by atoms with van der Waals surface area (Å²) in [6.07, 6.45) is 0.749. The van der Waals surface area contributed by atoms with Crippen molar-refractivity contribution < 1.29 is 14.3 Å². The summed E-state index contributed by atoms with van der Waals surface area (Å²) in [5.74, 6) is 0.900. The maximum absolute atomic E-state index is 12.0. The van der Waals surface area contributed by atoms with Crippen molar-refractivity contribution in [1.82, 2.24) is 9.88 Å². The van der Waals surface area contributed by atoms with Gasteiger partial charge in [0.1, 0.15) is 11.5 Å². The lowest BCUT2D eigenvalue weighted by atomic mass is 10.2. The van der Waals surface area contributed by atoms with Gasteiger partial charge in [-0.25, -0.2) is 0 Å². The molecule has 0 bridgehead atoms. The molecule has 6 nitrogen and oxygen atoms in total. The summed E-state index contributed by atoms with van der Waals surface area (Å²) in [4.78, 5) is 23.5. The monoisotopic (exact) mass is 290 g/mol. The van der Waals surface area contributed by atoms with Crippen LogP contribution in [-0.2, 0) is 6.54 Å². The van der Waals surface area contributed by atoms with Crippen molar-refractivity contribution in [3.8, 4) is 0 Å². The second kappa shape index (κ2) is 6.41. The number of aliphatic hydroxyl groups is 1. The predicted molar refractivity (Wildman–Crippen MR) is 77.2 cm³/mol. The topological polar surface area (TPSA) is 84.5 Å². The maximum Gasteiger partial charge on any atom is 0.254 e. The Hall–Kier alpha value is -2.34. The number of nitrogens with zero attached hydrogens (tertiary/aromatic N) is 1. The zero-order valence-electron chi connectivity index (χ0n) is 12.0. The Morgan fingerprint density at radius 2 is 2.19 bits per heavy atom. The summed E-state index contributed by atoms with van der Waals surface area (Å²) in [5.41, 5.74) is 0.265. The van der Waals surface area contributed by atoms with Gasteiger partial charge in [-0.05, 0) is 26.0 Å². The molecule has 0 aliphatic heterocycles. The van der Waals surface area contributed by atoms with E-state index < -0.39 is 6.10 Å². The number of aliphatic hydroxyl groups excluding tert-OH is 1.